The van der Waals surface area contributed by atoms with Gasteiger partial charge in [-0.15, -0.1) is 10.2 Å². The molecule has 0 bridgehead atoms. The molecule has 3 aromatic rings. The second kappa shape index (κ2) is 5.28. The van der Waals surface area contributed by atoms with Crippen LogP contribution in [0, 0.1) is 6.92 Å². The highest BCUT2D eigenvalue weighted by Crippen LogP contribution is 2.29. The Hall–Kier alpha value is -2.83. The van der Waals surface area contributed by atoms with Gasteiger partial charge in [-0.3, -0.25) is 4.40 Å². The summed E-state index contributed by atoms with van der Waals surface area (Å²) in [5.41, 5.74) is 2.61. The van der Waals surface area contributed by atoms with Crippen LogP contribution in [0.4, 0.5) is 17.5 Å². The number of nitrogens with zero attached hydrogens (tertiary/aromatic N) is 4. The summed E-state index contributed by atoms with van der Waals surface area (Å²) in [6.07, 6.45) is 3.50. The van der Waals surface area contributed by atoms with Crippen LogP contribution in [0.3, 0.4) is 0 Å². The standard InChI is InChI=1S/C14H16N6O/c1-9-4-5-11(21-3)10(8-9)17-12-13-18-19-14(15-2)20(13)7-6-16-12/h4-8H,1-3H3,(H,15,19)(H,16,17). The molecule has 0 saturated carbocycles. The fraction of sp³-hybridized carbons (Fsp3) is 0.214. The van der Waals surface area contributed by atoms with Crippen molar-refractivity contribution in [3.8, 4) is 5.75 Å². The van der Waals surface area contributed by atoms with Crippen molar-refractivity contribution in [3.05, 3.63) is 36.2 Å². The van der Waals surface area contributed by atoms with Gasteiger partial charge in [0.1, 0.15) is 5.75 Å². The van der Waals surface area contributed by atoms with Gasteiger partial charge < -0.3 is 15.4 Å². The maximum absolute atomic E-state index is 5.37. The summed E-state index contributed by atoms with van der Waals surface area (Å²) in [6, 6.07) is 5.91. The number of hydrogen-bond donors (Lipinski definition) is 2. The predicted octanol–water partition coefficient (Wildman–Crippen LogP) is 2.23. The third-order valence-electron chi connectivity index (χ3n) is 3.16. The Balaban J connectivity index is 2.06. The molecule has 0 amide bonds. The van der Waals surface area contributed by atoms with Crippen LogP contribution < -0.4 is 15.4 Å². The number of aromatic nitrogens is 4. The Morgan fingerprint density at radius 2 is 2.10 bits per heavy atom. The molecule has 7 nitrogen and oxygen atoms in total. The number of anilines is 3. The van der Waals surface area contributed by atoms with Crippen LogP contribution in [0.1, 0.15) is 5.56 Å². The van der Waals surface area contributed by atoms with E-state index in [2.05, 4.69) is 25.8 Å². The maximum Gasteiger partial charge on any atom is 0.228 e. The van der Waals surface area contributed by atoms with Crippen molar-refractivity contribution in [2.45, 2.75) is 6.92 Å². The van der Waals surface area contributed by atoms with Crippen LogP contribution >= 0.6 is 0 Å². The molecule has 0 fully saturated rings. The molecular weight excluding hydrogens is 268 g/mol. The molecular formula is C14H16N6O. The Morgan fingerprint density at radius 1 is 1.24 bits per heavy atom. The summed E-state index contributed by atoms with van der Waals surface area (Å²) in [5.74, 6) is 2.03. The van der Waals surface area contributed by atoms with E-state index in [0.717, 1.165) is 17.0 Å². The average molecular weight is 284 g/mol. The van der Waals surface area contributed by atoms with E-state index in [1.807, 2.05) is 29.5 Å². The minimum Gasteiger partial charge on any atom is -0.495 e. The zero-order chi connectivity index (χ0) is 14.8. The Morgan fingerprint density at radius 3 is 2.86 bits per heavy atom. The SMILES string of the molecule is CNc1nnc2c(Nc3cc(C)ccc3OC)nccn12. The quantitative estimate of drug-likeness (QED) is 0.765. The third-order valence-corrected chi connectivity index (χ3v) is 3.16. The van der Waals surface area contributed by atoms with E-state index in [1.54, 1.807) is 26.6 Å². The van der Waals surface area contributed by atoms with Gasteiger partial charge in [0.05, 0.1) is 12.8 Å². The van der Waals surface area contributed by atoms with Crippen LogP contribution in [0.25, 0.3) is 5.65 Å². The van der Waals surface area contributed by atoms with Crippen molar-refractivity contribution >= 4 is 23.1 Å². The zero-order valence-electron chi connectivity index (χ0n) is 12.1. The fourth-order valence-electron chi connectivity index (χ4n) is 2.13. The minimum atomic E-state index is 0.621. The van der Waals surface area contributed by atoms with E-state index in [4.69, 9.17) is 4.74 Å². The second-order valence-electron chi connectivity index (χ2n) is 4.57. The van der Waals surface area contributed by atoms with Gasteiger partial charge in [-0.1, -0.05) is 6.07 Å². The molecule has 0 aliphatic heterocycles. The first-order chi connectivity index (χ1) is 10.2. The fourth-order valence-corrected chi connectivity index (χ4v) is 2.13. The molecule has 0 radical (unpaired) electrons. The first-order valence-corrected chi connectivity index (χ1v) is 6.52. The summed E-state index contributed by atoms with van der Waals surface area (Å²) >= 11 is 0. The topological polar surface area (TPSA) is 76.4 Å². The smallest absolute Gasteiger partial charge is 0.228 e. The lowest BCUT2D eigenvalue weighted by Crippen LogP contribution is -2.01. The highest BCUT2D eigenvalue weighted by Gasteiger charge is 2.11. The molecule has 7 heteroatoms. The lowest BCUT2D eigenvalue weighted by atomic mass is 10.2. The molecule has 2 aromatic heterocycles. The molecule has 0 spiro atoms. The summed E-state index contributed by atoms with van der Waals surface area (Å²) in [6.45, 7) is 2.02. The molecule has 0 aliphatic carbocycles. The summed E-state index contributed by atoms with van der Waals surface area (Å²) in [5, 5.41) is 14.5. The molecule has 2 N–H and O–H groups in total. The molecule has 0 unspecified atom stereocenters. The highest BCUT2D eigenvalue weighted by molar-refractivity contribution is 5.74. The molecule has 108 valence electrons. The molecule has 0 atom stereocenters. The van der Waals surface area contributed by atoms with E-state index >= 15 is 0 Å². The first kappa shape index (κ1) is 13.2. The number of ether oxygens (including phenoxy) is 1. The normalized spacial score (nSPS) is 10.6. The van der Waals surface area contributed by atoms with Crippen LogP contribution in [-0.4, -0.2) is 33.7 Å². The molecule has 0 aliphatic rings. The molecule has 0 saturated heterocycles. The van der Waals surface area contributed by atoms with Gasteiger partial charge in [-0.25, -0.2) is 4.98 Å². The molecule has 2 heterocycles. The van der Waals surface area contributed by atoms with Gasteiger partial charge in [0, 0.05) is 19.4 Å². The van der Waals surface area contributed by atoms with E-state index in [9.17, 15) is 0 Å². The van der Waals surface area contributed by atoms with Gasteiger partial charge in [0.25, 0.3) is 0 Å². The number of fused-ring (bicyclic) bond motifs is 1. The van der Waals surface area contributed by atoms with Crippen molar-refractivity contribution < 1.29 is 4.74 Å². The van der Waals surface area contributed by atoms with Gasteiger partial charge >= 0.3 is 0 Å². The van der Waals surface area contributed by atoms with Crippen molar-refractivity contribution in [1.29, 1.82) is 0 Å². The van der Waals surface area contributed by atoms with E-state index < -0.39 is 0 Å². The average Bonchev–Trinajstić information content (AvgIpc) is 2.92. The third kappa shape index (κ3) is 2.33. The number of aryl methyl sites for hydroxylation is 1. The maximum atomic E-state index is 5.37. The zero-order valence-corrected chi connectivity index (χ0v) is 12.1. The van der Waals surface area contributed by atoms with Crippen LogP contribution in [0.15, 0.2) is 30.6 Å². The van der Waals surface area contributed by atoms with Crippen LogP contribution in [0.5, 0.6) is 5.75 Å². The minimum absolute atomic E-state index is 0.621. The van der Waals surface area contributed by atoms with Gasteiger partial charge in [-0.2, -0.15) is 0 Å². The Bertz CT molecular complexity index is 782. The Kier molecular flexibility index (Phi) is 3.31. The van der Waals surface area contributed by atoms with E-state index in [1.165, 1.54) is 0 Å². The van der Waals surface area contributed by atoms with Crippen molar-refractivity contribution in [1.82, 2.24) is 19.6 Å². The van der Waals surface area contributed by atoms with Crippen LogP contribution in [0.2, 0.25) is 0 Å². The summed E-state index contributed by atoms with van der Waals surface area (Å²) < 4.78 is 7.20. The number of nitrogens with one attached hydrogen (secondary N) is 2. The van der Waals surface area contributed by atoms with Gasteiger partial charge in [0.2, 0.25) is 11.6 Å². The largest absolute Gasteiger partial charge is 0.495 e. The monoisotopic (exact) mass is 284 g/mol. The number of hydrogen-bond acceptors (Lipinski definition) is 6. The number of methoxy groups -OCH3 is 1. The van der Waals surface area contributed by atoms with Crippen molar-refractivity contribution in [3.63, 3.8) is 0 Å². The summed E-state index contributed by atoms with van der Waals surface area (Å²) in [4.78, 5) is 4.34. The molecule has 1 aromatic carbocycles. The van der Waals surface area contributed by atoms with E-state index in [0.29, 0.717) is 17.4 Å². The highest BCUT2D eigenvalue weighted by atomic mass is 16.5. The molecule has 3 rings (SSSR count). The van der Waals surface area contributed by atoms with Gasteiger partial charge in [-0.05, 0) is 24.6 Å². The number of rotatable bonds is 4. The van der Waals surface area contributed by atoms with Gasteiger partial charge in [0.15, 0.2) is 5.82 Å². The Labute approximate surface area is 122 Å². The number of benzene rings is 1. The van der Waals surface area contributed by atoms with E-state index in [-0.39, 0.29) is 0 Å². The predicted molar refractivity (Wildman–Crippen MR) is 81.3 cm³/mol. The first-order valence-electron chi connectivity index (χ1n) is 6.52. The summed E-state index contributed by atoms with van der Waals surface area (Å²) in [7, 11) is 3.44. The lowest BCUT2D eigenvalue weighted by Gasteiger charge is -2.11. The van der Waals surface area contributed by atoms with Crippen LogP contribution in [-0.2, 0) is 0 Å². The van der Waals surface area contributed by atoms with Crippen molar-refractivity contribution in [2.75, 3.05) is 24.8 Å². The van der Waals surface area contributed by atoms with Crippen molar-refractivity contribution in [2.24, 2.45) is 0 Å². The second-order valence-corrected chi connectivity index (χ2v) is 4.57. The lowest BCUT2D eigenvalue weighted by molar-refractivity contribution is 0.416. The molecule has 21 heavy (non-hydrogen) atoms.